The van der Waals surface area contributed by atoms with Gasteiger partial charge in [0.1, 0.15) is 11.6 Å². The van der Waals surface area contributed by atoms with Crippen molar-refractivity contribution in [1.82, 2.24) is 9.97 Å². The number of nitrogens with zero attached hydrogens (tertiary/aromatic N) is 2. The highest BCUT2D eigenvalue weighted by atomic mass is 79.9. The van der Waals surface area contributed by atoms with E-state index in [1.165, 1.54) is 0 Å². The minimum Gasteiger partial charge on any atom is -0.490 e. The number of halogens is 1. The van der Waals surface area contributed by atoms with Gasteiger partial charge in [0, 0.05) is 28.0 Å². The molecular weight excluding hydrogens is 418 g/mol. The van der Waals surface area contributed by atoms with Crippen LogP contribution in [0, 0.1) is 5.92 Å². The number of ether oxygens (including phenoxy) is 2. The van der Waals surface area contributed by atoms with Gasteiger partial charge in [-0.2, -0.15) is 0 Å². The van der Waals surface area contributed by atoms with E-state index in [1.807, 2.05) is 50.2 Å². The van der Waals surface area contributed by atoms with Gasteiger partial charge >= 0.3 is 0 Å². The molecule has 0 saturated heterocycles. The summed E-state index contributed by atoms with van der Waals surface area (Å²) in [5.74, 6) is 3.45. The van der Waals surface area contributed by atoms with Gasteiger partial charge in [0.05, 0.1) is 18.7 Å². The van der Waals surface area contributed by atoms with Crippen molar-refractivity contribution in [3.8, 4) is 11.5 Å². The highest BCUT2D eigenvalue weighted by Crippen LogP contribution is 2.36. The number of rotatable bonds is 8. The summed E-state index contributed by atoms with van der Waals surface area (Å²) in [6.45, 7) is 9.38. The van der Waals surface area contributed by atoms with E-state index in [9.17, 15) is 0 Å². The Bertz CT molecular complexity index is 960. The van der Waals surface area contributed by atoms with E-state index in [0.29, 0.717) is 30.6 Å². The Labute approximate surface area is 174 Å². The predicted molar refractivity (Wildman–Crippen MR) is 118 cm³/mol. The second-order valence-electron chi connectivity index (χ2n) is 6.90. The molecule has 0 saturated carbocycles. The average molecular weight is 444 g/mol. The van der Waals surface area contributed by atoms with Crippen LogP contribution in [0.5, 0.6) is 11.5 Å². The van der Waals surface area contributed by atoms with Gasteiger partial charge in [-0.25, -0.2) is 9.97 Å². The van der Waals surface area contributed by atoms with Crippen molar-refractivity contribution in [2.75, 3.05) is 18.5 Å². The molecule has 28 heavy (non-hydrogen) atoms. The molecule has 0 atom stereocenters. The molecule has 3 rings (SSSR count). The summed E-state index contributed by atoms with van der Waals surface area (Å²) in [4.78, 5) is 9.59. The molecular formula is C22H26BrN3O2. The summed E-state index contributed by atoms with van der Waals surface area (Å²) < 4.78 is 12.6. The van der Waals surface area contributed by atoms with Crippen LogP contribution < -0.4 is 14.8 Å². The molecule has 0 aliphatic rings. The lowest BCUT2D eigenvalue weighted by atomic mass is 10.1. The Morgan fingerprint density at radius 1 is 1.00 bits per heavy atom. The van der Waals surface area contributed by atoms with Gasteiger partial charge < -0.3 is 14.8 Å². The zero-order valence-corrected chi connectivity index (χ0v) is 18.3. The fourth-order valence-corrected chi connectivity index (χ4v) is 3.38. The van der Waals surface area contributed by atoms with Crippen LogP contribution in [0.3, 0.4) is 0 Å². The summed E-state index contributed by atoms with van der Waals surface area (Å²) in [6, 6.07) is 11.9. The van der Waals surface area contributed by atoms with Crippen molar-refractivity contribution >= 4 is 38.3 Å². The molecule has 0 bridgehead atoms. The first-order chi connectivity index (χ1) is 13.5. The second kappa shape index (κ2) is 9.24. The number of hydrogen-bond donors (Lipinski definition) is 1. The Kier molecular flexibility index (Phi) is 6.73. The molecule has 0 aliphatic heterocycles. The van der Waals surface area contributed by atoms with E-state index in [-0.39, 0.29) is 0 Å². The third kappa shape index (κ3) is 4.93. The zero-order valence-electron chi connectivity index (χ0n) is 16.8. The smallest absolute Gasteiger partial charge is 0.163 e. The Hall–Kier alpha value is -2.34. The summed E-state index contributed by atoms with van der Waals surface area (Å²) in [6.07, 6.45) is 0.806. The minimum absolute atomic E-state index is 0.463. The normalized spacial score (nSPS) is 11.1. The van der Waals surface area contributed by atoms with Gasteiger partial charge in [0.15, 0.2) is 11.5 Å². The molecule has 0 radical (unpaired) electrons. The standard InChI is InChI=1S/C22H26BrN3O2/c1-5-27-19-12-17-18(13-20(19)28-6-2)25-21(10-14(3)4)26-22(17)24-16-9-7-8-15(23)11-16/h7-9,11-14H,5-6,10H2,1-4H3,(H,24,25,26). The monoisotopic (exact) mass is 443 g/mol. The van der Waals surface area contributed by atoms with E-state index < -0.39 is 0 Å². The van der Waals surface area contributed by atoms with Gasteiger partial charge in [-0.1, -0.05) is 35.8 Å². The van der Waals surface area contributed by atoms with Crippen molar-refractivity contribution in [3.63, 3.8) is 0 Å². The van der Waals surface area contributed by atoms with Crippen molar-refractivity contribution < 1.29 is 9.47 Å². The number of aromatic nitrogens is 2. The minimum atomic E-state index is 0.463. The molecule has 6 heteroatoms. The van der Waals surface area contributed by atoms with E-state index in [0.717, 1.165) is 39.1 Å². The first kappa shape index (κ1) is 20.4. The average Bonchev–Trinajstić information content (AvgIpc) is 2.62. The van der Waals surface area contributed by atoms with Gasteiger partial charge in [-0.15, -0.1) is 0 Å². The molecule has 0 aliphatic carbocycles. The Morgan fingerprint density at radius 3 is 2.36 bits per heavy atom. The van der Waals surface area contributed by atoms with Crippen molar-refractivity contribution in [1.29, 1.82) is 0 Å². The molecule has 1 aromatic heterocycles. The molecule has 0 amide bonds. The highest BCUT2D eigenvalue weighted by molar-refractivity contribution is 9.10. The molecule has 1 N–H and O–H groups in total. The molecule has 3 aromatic rings. The van der Waals surface area contributed by atoms with E-state index in [2.05, 4.69) is 35.1 Å². The van der Waals surface area contributed by atoms with Crippen molar-refractivity contribution in [2.45, 2.75) is 34.1 Å². The van der Waals surface area contributed by atoms with Gasteiger partial charge in [-0.3, -0.25) is 0 Å². The Morgan fingerprint density at radius 2 is 1.71 bits per heavy atom. The third-order valence-corrected chi connectivity index (χ3v) is 4.58. The maximum atomic E-state index is 5.80. The number of anilines is 2. The third-order valence-electron chi connectivity index (χ3n) is 4.09. The molecule has 148 valence electrons. The summed E-state index contributed by atoms with van der Waals surface area (Å²) in [7, 11) is 0. The van der Waals surface area contributed by atoms with Gasteiger partial charge in [0.25, 0.3) is 0 Å². The molecule has 0 fully saturated rings. The van der Waals surface area contributed by atoms with Crippen molar-refractivity contribution in [3.05, 3.63) is 46.7 Å². The summed E-state index contributed by atoms with van der Waals surface area (Å²) in [5, 5.41) is 4.35. The molecule has 2 aromatic carbocycles. The lowest BCUT2D eigenvalue weighted by Gasteiger charge is -2.16. The number of nitrogens with one attached hydrogen (secondary N) is 1. The topological polar surface area (TPSA) is 56.3 Å². The zero-order chi connectivity index (χ0) is 20.1. The van der Waals surface area contributed by atoms with E-state index >= 15 is 0 Å². The number of benzene rings is 2. The van der Waals surface area contributed by atoms with Gasteiger partial charge in [0.2, 0.25) is 0 Å². The predicted octanol–water partition coefficient (Wildman–Crippen LogP) is 6.13. The molecule has 5 nitrogen and oxygen atoms in total. The van der Waals surface area contributed by atoms with E-state index in [1.54, 1.807) is 0 Å². The second-order valence-corrected chi connectivity index (χ2v) is 7.82. The van der Waals surface area contributed by atoms with Crippen LogP contribution in [0.1, 0.15) is 33.5 Å². The van der Waals surface area contributed by atoms with Crippen LogP contribution in [0.2, 0.25) is 0 Å². The summed E-state index contributed by atoms with van der Waals surface area (Å²) >= 11 is 3.52. The largest absolute Gasteiger partial charge is 0.490 e. The summed E-state index contributed by atoms with van der Waals surface area (Å²) in [5.41, 5.74) is 1.80. The highest BCUT2D eigenvalue weighted by Gasteiger charge is 2.15. The fourth-order valence-electron chi connectivity index (χ4n) is 2.98. The van der Waals surface area contributed by atoms with Crippen LogP contribution >= 0.6 is 15.9 Å². The van der Waals surface area contributed by atoms with Crippen LogP contribution in [0.25, 0.3) is 10.9 Å². The number of fused-ring (bicyclic) bond motifs is 1. The fraction of sp³-hybridized carbons (Fsp3) is 0.364. The molecule has 0 spiro atoms. The lowest BCUT2D eigenvalue weighted by molar-refractivity contribution is 0.288. The quantitative estimate of drug-likeness (QED) is 0.453. The van der Waals surface area contributed by atoms with E-state index in [4.69, 9.17) is 19.4 Å². The van der Waals surface area contributed by atoms with Crippen molar-refractivity contribution in [2.24, 2.45) is 5.92 Å². The van der Waals surface area contributed by atoms with Crippen LogP contribution in [0.4, 0.5) is 11.5 Å². The van der Waals surface area contributed by atoms with Crippen LogP contribution in [-0.4, -0.2) is 23.2 Å². The lowest BCUT2D eigenvalue weighted by Crippen LogP contribution is -2.06. The SMILES string of the molecule is CCOc1cc2nc(CC(C)C)nc(Nc3cccc(Br)c3)c2cc1OCC. The number of hydrogen-bond acceptors (Lipinski definition) is 5. The van der Waals surface area contributed by atoms with Gasteiger partial charge in [-0.05, 0) is 44.0 Å². The molecule has 0 unspecified atom stereocenters. The maximum absolute atomic E-state index is 5.80. The Balaban J connectivity index is 2.15. The van der Waals surface area contributed by atoms with Crippen LogP contribution in [-0.2, 0) is 6.42 Å². The first-order valence-electron chi connectivity index (χ1n) is 9.63. The first-order valence-corrected chi connectivity index (χ1v) is 10.4. The maximum Gasteiger partial charge on any atom is 0.163 e. The van der Waals surface area contributed by atoms with Crippen LogP contribution in [0.15, 0.2) is 40.9 Å². The molecule has 1 heterocycles.